The maximum absolute atomic E-state index is 12.9. The van der Waals surface area contributed by atoms with Crippen molar-refractivity contribution in [3.63, 3.8) is 0 Å². The lowest BCUT2D eigenvalue weighted by Crippen LogP contribution is -2.71. The largest absolute Gasteiger partial charge is 0.481 e. The molecule has 1 heterocycles. The Labute approximate surface area is 188 Å². The van der Waals surface area contributed by atoms with Gasteiger partial charge in [0.25, 0.3) is 0 Å². The zero-order chi connectivity index (χ0) is 23.3. The number of hydroxylamine groups is 2. The summed E-state index contributed by atoms with van der Waals surface area (Å²) in [6.45, 7) is 6.89. The molecule has 0 bridgehead atoms. The molecule has 1 radical (unpaired) electrons. The minimum Gasteiger partial charge on any atom is -0.481 e. The molecule has 2 N–H and O–H groups in total. The fourth-order valence-electron chi connectivity index (χ4n) is 5.41. The van der Waals surface area contributed by atoms with E-state index in [1.807, 2.05) is 36.4 Å². The van der Waals surface area contributed by atoms with Gasteiger partial charge in [0.15, 0.2) is 0 Å². The van der Waals surface area contributed by atoms with Crippen LogP contribution in [0.3, 0.4) is 0 Å². The quantitative estimate of drug-likeness (QED) is 0.747. The van der Waals surface area contributed by atoms with E-state index in [4.69, 9.17) is 4.74 Å². The van der Waals surface area contributed by atoms with Crippen LogP contribution >= 0.6 is 0 Å². The van der Waals surface area contributed by atoms with E-state index in [2.05, 4.69) is 17.4 Å². The van der Waals surface area contributed by atoms with Crippen LogP contribution in [0.2, 0.25) is 0 Å². The predicted molar refractivity (Wildman–Crippen MR) is 118 cm³/mol. The second-order valence-corrected chi connectivity index (χ2v) is 9.86. The molecule has 4 rings (SSSR count). The van der Waals surface area contributed by atoms with Gasteiger partial charge in [-0.25, -0.2) is 4.79 Å². The van der Waals surface area contributed by atoms with Crippen molar-refractivity contribution in [3.8, 4) is 11.1 Å². The molecule has 1 aliphatic carbocycles. The number of ether oxygens (including phenoxy) is 1. The topological polar surface area (TPSA) is 98.8 Å². The first-order valence-electron chi connectivity index (χ1n) is 10.9. The maximum atomic E-state index is 12.9. The van der Waals surface area contributed by atoms with Crippen molar-refractivity contribution in [3.05, 3.63) is 59.7 Å². The molecule has 1 aliphatic heterocycles. The lowest BCUT2D eigenvalue weighted by molar-refractivity contribution is -0.300. The van der Waals surface area contributed by atoms with Crippen LogP contribution in [0, 0.1) is 5.92 Å². The van der Waals surface area contributed by atoms with Crippen molar-refractivity contribution < 1.29 is 24.6 Å². The third-order valence-corrected chi connectivity index (χ3v) is 6.89. The van der Waals surface area contributed by atoms with E-state index < -0.39 is 35.1 Å². The monoisotopic (exact) mass is 437 g/mol. The molecule has 169 valence electrons. The average molecular weight is 438 g/mol. The van der Waals surface area contributed by atoms with E-state index in [-0.39, 0.29) is 18.9 Å². The summed E-state index contributed by atoms with van der Waals surface area (Å²) in [6, 6.07) is 15.2. The number of alkyl carbamates (subject to hydrolysis) is 1. The molecule has 7 nitrogen and oxygen atoms in total. The second kappa shape index (κ2) is 7.90. The summed E-state index contributed by atoms with van der Waals surface area (Å²) in [5.41, 5.74) is 2.47. The number of carbonyl (C=O) groups excluding carboxylic acids is 1. The number of fused-ring (bicyclic) bond motifs is 3. The molecule has 0 unspecified atom stereocenters. The van der Waals surface area contributed by atoms with Crippen molar-refractivity contribution in [2.75, 3.05) is 6.61 Å². The number of carboxylic acid groups (broad SMARTS) is 1. The SMILES string of the molecule is CC1(C)C[C@@H](C(=O)O)[C@@H](NC(=O)OCC2c3ccccc3-c3ccccc32)C(C)(C)N1[O]. The highest BCUT2D eigenvalue weighted by molar-refractivity contribution is 5.79. The zero-order valence-corrected chi connectivity index (χ0v) is 18.8. The highest BCUT2D eigenvalue weighted by Crippen LogP contribution is 2.45. The van der Waals surface area contributed by atoms with E-state index in [1.165, 1.54) is 0 Å². The smallest absolute Gasteiger partial charge is 0.407 e. The highest BCUT2D eigenvalue weighted by atomic mass is 16.5. The van der Waals surface area contributed by atoms with Gasteiger partial charge in [0, 0.05) is 11.5 Å². The summed E-state index contributed by atoms with van der Waals surface area (Å²) in [4.78, 5) is 24.7. The molecule has 0 saturated carbocycles. The summed E-state index contributed by atoms with van der Waals surface area (Å²) in [5.74, 6) is -2.04. The normalized spacial score (nSPS) is 23.8. The van der Waals surface area contributed by atoms with Gasteiger partial charge in [-0.2, -0.15) is 0 Å². The minimum absolute atomic E-state index is 0.0993. The first kappa shape index (κ1) is 22.3. The van der Waals surface area contributed by atoms with Crippen molar-refractivity contribution >= 4 is 12.1 Å². The molecule has 0 aromatic heterocycles. The van der Waals surface area contributed by atoms with E-state index in [1.54, 1.807) is 27.7 Å². The summed E-state index contributed by atoms with van der Waals surface area (Å²) < 4.78 is 5.59. The van der Waals surface area contributed by atoms with Crippen molar-refractivity contribution in [1.82, 2.24) is 10.4 Å². The maximum Gasteiger partial charge on any atom is 0.407 e. The zero-order valence-electron chi connectivity index (χ0n) is 18.8. The molecule has 1 saturated heterocycles. The van der Waals surface area contributed by atoms with Gasteiger partial charge in [0.2, 0.25) is 0 Å². The van der Waals surface area contributed by atoms with Gasteiger partial charge in [-0.15, -0.1) is 10.3 Å². The van der Waals surface area contributed by atoms with Gasteiger partial charge in [0.05, 0.1) is 17.5 Å². The Bertz CT molecular complexity index is 1000. The van der Waals surface area contributed by atoms with E-state index in [0.29, 0.717) is 0 Å². The Morgan fingerprint density at radius 3 is 2.09 bits per heavy atom. The Kier molecular flexibility index (Phi) is 5.51. The molecule has 1 fully saturated rings. The molecule has 2 aromatic rings. The van der Waals surface area contributed by atoms with E-state index >= 15 is 0 Å². The van der Waals surface area contributed by atoms with Crippen LogP contribution in [-0.2, 0) is 14.7 Å². The standard InChI is InChI=1S/C25H29N2O5/c1-24(2)13-19(22(28)29)21(25(3,4)27(24)31)26-23(30)32-14-20-17-11-7-5-9-15(17)16-10-6-8-12-18(16)20/h5-12,19-21H,13-14H2,1-4H3,(H,26,30)(H,28,29)/t19-,21-/m1/s1. The first-order chi connectivity index (χ1) is 15.0. The number of benzene rings is 2. The molecule has 2 aliphatic rings. The number of amides is 1. The molecule has 2 aromatic carbocycles. The number of nitrogens with one attached hydrogen (secondary N) is 1. The molecular formula is C25H29N2O5. The summed E-state index contributed by atoms with van der Waals surface area (Å²) in [7, 11) is 0. The van der Waals surface area contributed by atoms with Crippen LogP contribution in [0.15, 0.2) is 48.5 Å². The summed E-state index contributed by atoms with van der Waals surface area (Å²) >= 11 is 0. The van der Waals surface area contributed by atoms with Gasteiger partial charge < -0.3 is 15.2 Å². The molecule has 32 heavy (non-hydrogen) atoms. The summed E-state index contributed by atoms with van der Waals surface area (Å²) in [5, 5.41) is 26.3. The lowest BCUT2D eigenvalue weighted by Gasteiger charge is -2.53. The van der Waals surface area contributed by atoms with Crippen molar-refractivity contribution in [2.45, 2.75) is 57.2 Å². The number of hydrogen-bond acceptors (Lipinski definition) is 4. The van der Waals surface area contributed by atoms with Crippen LogP contribution in [-0.4, -0.2) is 46.0 Å². The van der Waals surface area contributed by atoms with Crippen LogP contribution in [0.25, 0.3) is 11.1 Å². The number of piperidine rings is 1. The third kappa shape index (κ3) is 3.65. The summed E-state index contributed by atoms with van der Waals surface area (Å²) in [6.07, 6.45) is -0.590. The Balaban J connectivity index is 1.51. The number of hydrogen-bond donors (Lipinski definition) is 2. The fourth-order valence-corrected chi connectivity index (χ4v) is 5.41. The Morgan fingerprint density at radius 2 is 1.56 bits per heavy atom. The van der Waals surface area contributed by atoms with Gasteiger partial charge >= 0.3 is 12.1 Å². The minimum atomic E-state index is -1.11. The van der Waals surface area contributed by atoms with Crippen molar-refractivity contribution in [1.29, 1.82) is 0 Å². The average Bonchev–Trinajstić information content (AvgIpc) is 3.07. The van der Waals surface area contributed by atoms with Crippen LogP contribution < -0.4 is 5.32 Å². The van der Waals surface area contributed by atoms with Gasteiger partial charge in [-0.1, -0.05) is 48.5 Å². The number of nitrogens with zero attached hydrogens (tertiary/aromatic N) is 1. The number of carboxylic acids is 1. The molecule has 0 spiro atoms. The number of carbonyl (C=O) groups is 2. The van der Waals surface area contributed by atoms with Gasteiger partial charge in [-0.05, 0) is 56.4 Å². The third-order valence-electron chi connectivity index (χ3n) is 6.89. The second-order valence-electron chi connectivity index (χ2n) is 9.86. The first-order valence-corrected chi connectivity index (χ1v) is 10.9. The van der Waals surface area contributed by atoms with Gasteiger partial charge in [-0.3, -0.25) is 4.79 Å². The highest BCUT2D eigenvalue weighted by Gasteiger charge is 2.55. The van der Waals surface area contributed by atoms with Crippen LogP contribution in [0.5, 0.6) is 0 Å². The molecular weight excluding hydrogens is 408 g/mol. The van der Waals surface area contributed by atoms with Crippen LogP contribution in [0.4, 0.5) is 4.79 Å². The number of rotatable bonds is 4. The van der Waals surface area contributed by atoms with Crippen LogP contribution in [0.1, 0.15) is 51.2 Å². The van der Waals surface area contributed by atoms with Crippen molar-refractivity contribution in [2.24, 2.45) is 5.92 Å². The Hall–Kier alpha value is -2.90. The fraction of sp³-hybridized carbons (Fsp3) is 0.440. The lowest BCUT2D eigenvalue weighted by atomic mass is 9.71. The predicted octanol–water partition coefficient (Wildman–Crippen LogP) is 4.20. The van der Waals surface area contributed by atoms with E-state index in [0.717, 1.165) is 27.3 Å². The number of aliphatic carboxylic acids is 1. The van der Waals surface area contributed by atoms with E-state index in [9.17, 15) is 19.9 Å². The molecule has 7 heteroatoms. The molecule has 2 atom stereocenters. The van der Waals surface area contributed by atoms with Gasteiger partial charge in [0.1, 0.15) is 6.61 Å². The Morgan fingerprint density at radius 1 is 1.03 bits per heavy atom. The molecule has 1 amide bonds.